The number of aromatic nitrogens is 1. The zero-order valence-corrected chi connectivity index (χ0v) is 9.80. The Morgan fingerprint density at radius 1 is 1.35 bits per heavy atom. The van der Waals surface area contributed by atoms with Gasteiger partial charge in [-0.3, -0.25) is 9.78 Å². The average Bonchev–Trinajstić information content (AvgIpc) is 2.41. The van der Waals surface area contributed by atoms with Gasteiger partial charge in [-0.15, -0.1) is 0 Å². The zero-order valence-electron chi connectivity index (χ0n) is 9.80. The van der Waals surface area contributed by atoms with Crippen LogP contribution in [0.4, 0.5) is 0 Å². The Kier molecular flexibility index (Phi) is 2.81. The van der Waals surface area contributed by atoms with Gasteiger partial charge in [-0.05, 0) is 44.0 Å². The van der Waals surface area contributed by atoms with Gasteiger partial charge in [0.25, 0.3) is 5.91 Å². The highest BCUT2D eigenvalue weighted by Gasteiger charge is 2.34. The lowest BCUT2D eigenvalue weighted by Gasteiger charge is -2.44. The summed E-state index contributed by atoms with van der Waals surface area (Å²) in [7, 11) is 0. The highest BCUT2D eigenvalue weighted by atomic mass is 16.1. The molecule has 2 bridgehead atoms. The number of hydrogen-bond acceptors (Lipinski definition) is 3. The monoisotopic (exact) mass is 231 g/mol. The third-order valence-corrected chi connectivity index (χ3v) is 3.87. The Bertz CT molecular complexity index is 398. The summed E-state index contributed by atoms with van der Waals surface area (Å²) in [6.07, 6.45) is 4.09. The molecule has 3 aliphatic rings. The standard InChI is InChI=1S/C13H17N3O/c17-13(11-3-1-2-6-14-11)15-12-9-16-7-4-10(12)5-8-16/h1-3,6,10,12H,4-5,7-9H2,(H,15,17)/t12-/m0/s1. The first-order chi connectivity index (χ1) is 8.33. The van der Waals surface area contributed by atoms with E-state index in [-0.39, 0.29) is 5.91 Å². The molecule has 1 atom stereocenters. The van der Waals surface area contributed by atoms with E-state index >= 15 is 0 Å². The van der Waals surface area contributed by atoms with Crippen molar-refractivity contribution in [1.82, 2.24) is 15.2 Å². The lowest BCUT2D eigenvalue weighted by Crippen LogP contribution is -2.57. The van der Waals surface area contributed by atoms with Gasteiger partial charge in [-0.1, -0.05) is 6.07 Å². The summed E-state index contributed by atoms with van der Waals surface area (Å²) in [5, 5.41) is 3.12. The molecule has 1 amide bonds. The van der Waals surface area contributed by atoms with Crippen molar-refractivity contribution in [2.75, 3.05) is 19.6 Å². The van der Waals surface area contributed by atoms with Gasteiger partial charge in [0.15, 0.2) is 0 Å². The summed E-state index contributed by atoms with van der Waals surface area (Å²) in [6.45, 7) is 3.39. The lowest BCUT2D eigenvalue weighted by molar-refractivity contribution is 0.0618. The van der Waals surface area contributed by atoms with Crippen molar-refractivity contribution in [2.24, 2.45) is 5.92 Å². The molecule has 1 aromatic heterocycles. The van der Waals surface area contributed by atoms with Crippen LogP contribution in [0.1, 0.15) is 23.3 Å². The zero-order chi connectivity index (χ0) is 11.7. The molecule has 4 nitrogen and oxygen atoms in total. The molecule has 1 aromatic rings. The third kappa shape index (κ3) is 2.17. The van der Waals surface area contributed by atoms with Crippen LogP contribution in [0.15, 0.2) is 24.4 Å². The van der Waals surface area contributed by atoms with E-state index in [9.17, 15) is 4.79 Å². The number of fused-ring (bicyclic) bond motifs is 3. The predicted octanol–water partition coefficient (Wildman–Crippen LogP) is 0.906. The molecule has 1 N–H and O–H groups in total. The van der Waals surface area contributed by atoms with Crippen LogP contribution in [0.3, 0.4) is 0 Å². The molecule has 90 valence electrons. The van der Waals surface area contributed by atoms with Crippen molar-refractivity contribution in [2.45, 2.75) is 18.9 Å². The van der Waals surface area contributed by atoms with E-state index < -0.39 is 0 Å². The summed E-state index contributed by atoms with van der Waals surface area (Å²) in [5.41, 5.74) is 0.518. The fraction of sp³-hybridized carbons (Fsp3) is 0.538. The number of rotatable bonds is 2. The maximum Gasteiger partial charge on any atom is 0.270 e. The molecule has 0 aliphatic carbocycles. The van der Waals surface area contributed by atoms with E-state index in [1.54, 1.807) is 12.3 Å². The van der Waals surface area contributed by atoms with Crippen LogP contribution < -0.4 is 5.32 Å². The van der Waals surface area contributed by atoms with E-state index in [1.807, 2.05) is 12.1 Å². The van der Waals surface area contributed by atoms with Gasteiger partial charge in [-0.2, -0.15) is 0 Å². The molecule has 0 saturated carbocycles. The highest BCUT2D eigenvalue weighted by Crippen LogP contribution is 2.27. The Labute approximate surface area is 101 Å². The number of carbonyl (C=O) groups is 1. The topological polar surface area (TPSA) is 45.2 Å². The van der Waals surface area contributed by atoms with E-state index in [0.717, 1.165) is 6.54 Å². The van der Waals surface area contributed by atoms with Gasteiger partial charge < -0.3 is 10.2 Å². The summed E-state index contributed by atoms with van der Waals surface area (Å²) < 4.78 is 0. The van der Waals surface area contributed by atoms with Gasteiger partial charge in [0.2, 0.25) is 0 Å². The van der Waals surface area contributed by atoms with Gasteiger partial charge in [0, 0.05) is 18.8 Å². The van der Waals surface area contributed by atoms with E-state index in [2.05, 4.69) is 15.2 Å². The molecule has 0 unspecified atom stereocenters. The molecular weight excluding hydrogens is 214 g/mol. The van der Waals surface area contributed by atoms with Gasteiger partial charge in [0.1, 0.15) is 5.69 Å². The smallest absolute Gasteiger partial charge is 0.270 e. The summed E-state index contributed by atoms with van der Waals surface area (Å²) in [6, 6.07) is 5.74. The average molecular weight is 231 g/mol. The second-order valence-corrected chi connectivity index (χ2v) is 4.93. The SMILES string of the molecule is O=C(N[C@H]1CN2CCC1CC2)c1ccccn1. The van der Waals surface area contributed by atoms with Crippen molar-refractivity contribution in [3.05, 3.63) is 30.1 Å². The van der Waals surface area contributed by atoms with Crippen LogP contribution in [-0.4, -0.2) is 41.5 Å². The van der Waals surface area contributed by atoms with Crippen LogP contribution >= 0.6 is 0 Å². The summed E-state index contributed by atoms with van der Waals surface area (Å²) in [5.74, 6) is 0.622. The number of amides is 1. The van der Waals surface area contributed by atoms with Crippen LogP contribution in [-0.2, 0) is 0 Å². The normalized spacial score (nSPS) is 31.2. The van der Waals surface area contributed by atoms with Crippen molar-refractivity contribution >= 4 is 5.91 Å². The number of pyridine rings is 1. The molecule has 17 heavy (non-hydrogen) atoms. The quantitative estimate of drug-likeness (QED) is 0.822. The van der Waals surface area contributed by atoms with Gasteiger partial charge in [0.05, 0.1) is 0 Å². The Balaban J connectivity index is 1.66. The molecule has 3 aliphatic heterocycles. The molecular formula is C13H17N3O. The van der Waals surface area contributed by atoms with Crippen molar-refractivity contribution < 1.29 is 4.79 Å². The highest BCUT2D eigenvalue weighted by molar-refractivity contribution is 5.92. The Morgan fingerprint density at radius 2 is 2.18 bits per heavy atom. The molecule has 0 aromatic carbocycles. The predicted molar refractivity (Wildman–Crippen MR) is 64.7 cm³/mol. The van der Waals surface area contributed by atoms with E-state index in [1.165, 1.54) is 25.9 Å². The Hall–Kier alpha value is -1.42. The molecule has 0 spiro atoms. The Morgan fingerprint density at radius 3 is 2.76 bits per heavy atom. The van der Waals surface area contributed by atoms with E-state index in [4.69, 9.17) is 0 Å². The molecule has 0 radical (unpaired) electrons. The summed E-state index contributed by atoms with van der Waals surface area (Å²) >= 11 is 0. The minimum atomic E-state index is -0.0376. The lowest BCUT2D eigenvalue weighted by atomic mass is 9.84. The van der Waals surface area contributed by atoms with Crippen molar-refractivity contribution in [1.29, 1.82) is 0 Å². The van der Waals surface area contributed by atoms with Crippen LogP contribution in [0.25, 0.3) is 0 Å². The van der Waals surface area contributed by atoms with Crippen LogP contribution in [0.2, 0.25) is 0 Å². The van der Waals surface area contributed by atoms with Crippen molar-refractivity contribution in [3.63, 3.8) is 0 Å². The first kappa shape index (κ1) is 10.7. The minimum Gasteiger partial charge on any atom is -0.346 e. The number of nitrogens with one attached hydrogen (secondary N) is 1. The summed E-state index contributed by atoms with van der Waals surface area (Å²) in [4.78, 5) is 18.5. The van der Waals surface area contributed by atoms with E-state index in [0.29, 0.717) is 17.7 Å². The number of nitrogens with zero attached hydrogens (tertiary/aromatic N) is 2. The van der Waals surface area contributed by atoms with Gasteiger partial charge >= 0.3 is 0 Å². The fourth-order valence-electron chi connectivity index (χ4n) is 2.87. The number of piperidine rings is 3. The molecule has 3 fully saturated rings. The maximum absolute atomic E-state index is 12.0. The molecule has 4 rings (SSSR count). The number of carbonyl (C=O) groups excluding carboxylic acids is 1. The van der Waals surface area contributed by atoms with Crippen LogP contribution in [0, 0.1) is 5.92 Å². The molecule has 3 saturated heterocycles. The van der Waals surface area contributed by atoms with Crippen molar-refractivity contribution in [3.8, 4) is 0 Å². The first-order valence-electron chi connectivity index (χ1n) is 6.27. The third-order valence-electron chi connectivity index (χ3n) is 3.87. The molecule has 4 heterocycles. The number of hydrogen-bond donors (Lipinski definition) is 1. The second kappa shape index (κ2) is 4.45. The first-order valence-corrected chi connectivity index (χ1v) is 6.27. The molecule has 4 heteroatoms. The van der Waals surface area contributed by atoms with Crippen LogP contribution in [0.5, 0.6) is 0 Å². The van der Waals surface area contributed by atoms with Gasteiger partial charge in [-0.25, -0.2) is 0 Å². The fourth-order valence-corrected chi connectivity index (χ4v) is 2.87. The minimum absolute atomic E-state index is 0.0376. The largest absolute Gasteiger partial charge is 0.346 e. The maximum atomic E-state index is 12.0. The second-order valence-electron chi connectivity index (χ2n) is 4.93.